The summed E-state index contributed by atoms with van der Waals surface area (Å²) in [6.45, 7) is 13.4. The second-order valence-electron chi connectivity index (χ2n) is 11.0. The van der Waals surface area contributed by atoms with Gasteiger partial charge in [0.25, 0.3) is 0 Å². The van der Waals surface area contributed by atoms with Crippen molar-refractivity contribution < 1.29 is 14.3 Å². The van der Waals surface area contributed by atoms with Crippen LogP contribution in [0, 0.1) is 0 Å². The van der Waals surface area contributed by atoms with Gasteiger partial charge in [-0.25, -0.2) is 0 Å². The molecule has 1 atom stereocenters. The van der Waals surface area contributed by atoms with Crippen LogP contribution >= 0.6 is 11.6 Å². The molecule has 0 bridgehead atoms. The van der Waals surface area contributed by atoms with Crippen molar-refractivity contribution in [3.05, 3.63) is 70.4 Å². The second-order valence-corrected chi connectivity index (χ2v) is 11.4. The molecule has 1 saturated carbocycles. The van der Waals surface area contributed by atoms with Crippen molar-refractivity contribution in [1.29, 1.82) is 0 Å². The third-order valence-corrected chi connectivity index (χ3v) is 8.22. The lowest BCUT2D eigenvalue weighted by molar-refractivity contribution is -0.132. The van der Waals surface area contributed by atoms with Gasteiger partial charge in [-0.2, -0.15) is 0 Å². The maximum Gasteiger partial charge on any atom is 0.219 e. The van der Waals surface area contributed by atoms with E-state index < -0.39 is 0 Å². The molecule has 4 rings (SSSR count). The summed E-state index contributed by atoms with van der Waals surface area (Å²) >= 11 is 6.29. The van der Waals surface area contributed by atoms with E-state index in [0.29, 0.717) is 12.1 Å². The van der Waals surface area contributed by atoms with Crippen LogP contribution in [-0.4, -0.2) is 47.5 Å². The summed E-state index contributed by atoms with van der Waals surface area (Å²) in [6, 6.07) is 13.2. The summed E-state index contributed by atoms with van der Waals surface area (Å²) in [5.41, 5.74) is 4.75. The molecule has 0 spiro atoms. The fourth-order valence-electron chi connectivity index (χ4n) is 6.20. The van der Waals surface area contributed by atoms with Crippen LogP contribution in [0.1, 0.15) is 89.0 Å². The lowest BCUT2D eigenvalue weighted by Gasteiger charge is -2.48. The van der Waals surface area contributed by atoms with Gasteiger partial charge in [0.1, 0.15) is 0 Å². The van der Waals surface area contributed by atoms with Crippen LogP contribution in [0.15, 0.2) is 48.7 Å². The van der Waals surface area contributed by atoms with E-state index in [-0.39, 0.29) is 18.1 Å². The Kier molecular flexibility index (Phi) is 9.30. The monoisotopic (exact) mass is 538 g/mol. The Morgan fingerprint density at radius 3 is 2.39 bits per heavy atom. The van der Waals surface area contributed by atoms with Gasteiger partial charge < -0.3 is 19.3 Å². The van der Waals surface area contributed by atoms with Crippen molar-refractivity contribution in [1.82, 2.24) is 9.80 Å². The molecule has 5 nitrogen and oxygen atoms in total. The first-order chi connectivity index (χ1) is 18.2. The molecule has 0 N–H and O–H groups in total. The largest absolute Gasteiger partial charge is 0.493 e. The molecule has 0 radical (unpaired) electrons. The number of carbonyl (C=O) groups is 1. The predicted molar refractivity (Wildman–Crippen MR) is 155 cm³/mol. The number of ether oxygens (including phenoxy) is 2. The molecule has 1 amide bonds. The van der Waals surface area contributed by atoms with Gasteiger partial charge in [0.05, 0.1) is 19.3 Å². The van der Waals surface area contributed by atoms with Crippen LogP contribution in [0.5, 0.6) is 11.5 Å². The standard InChI is InChI=1S/C32H43ClN2O3/c1-7-8-17-34(23(5)36)27-13-15-28(16-14-27)35-22(4)18-25-19-30(37-6)31(38-21(2)3)20-29(25)32(35)24-9-11-26(33)12-10-24/h9-12,19-21,27-28,32H,4,7-8,13-18H2,1-3,5-6H3/t27-,28-,32?. The Bertz CT molecular complexity index is 1120. The zero-order chi connectivity index (χ0) is 27.4. The quantitative estimate of drug-likeness (QED) is 0.330. The van der Waals surface area contributed by atoms with Crippen LogP contribution in [-0.2, 0) is 11.2 Å². The molecule has 0 saturated heterocycles. The number of nitrogens with zero attached hydrogens (tertiary/aromatic N) is 2. The minimum Gasteiger partial charge on any atom is -0.493 e. The molecular formula is C32H43ClN2O3. The SMILES string of the molecule is C=C1Cc2cc(OC)c(OC(C)C)cc2C(c2ccc(Cl)cc2)N1[C@H]1CC[C@H](N(CCCC)C(C)=O)CC1. The van der Waals surface area contributed by atoms with Gasteiger partial charge in [-0.1, -0.05) is 43.7 Å². The van der Waals surface area contributed by atoms with Crippen LogP contribution in [0.3, 0.4) is 0 Å². The van der Waals surface area contributed by atoms with Crippen LogP contribution in [0.2, 0.25) is 5.02 Å². The number of hydrogen-bond acceptors (Lipinski definition) is 4. The Hall–Kier alpha value is -2.66. The minimum absolute atomic E-state index is 0.00878. The van der Waals surface area contributed by atoms with E-state index in [4.69, 9.17) is 21.1 Å². The van der Waals surface area contributed by atoms with Crippen molar-refractivity contribution in [2.45, 2.75) is 96.9 Å². The molecule has 6 heteroatoms. The lowest BCUT2D eigenvalue weighted by Crippen LogP contribution is -2.48. The summed E-state index contributed by atoms with van der Waals surface area (Å²) in [5.74, 6) is 1.72. The number of benzene rings is 2. The van der Waals surface area contributed by atoms with Gasteiger partial charge in [-0.15, -0.1) is 0 Å². The first-order valence-corrected chi connectivity index (χ1v) is 14.5. The maximum atomic E-state index is 12.4. The smallest absolute Gasteiger partial charge is 0.219 e. The Labute approximate surface area is 233 Å². The highest BCUT2D eigenvalue weighted by Gasteiger charge is 2.38. The number of fused-ring (bicyclic) bond motifs is 1. The van der Waals surface area contributed by atoms with Gasteiger partial charge >= 0.3 is 0 Å². The Morgan fingerprint density at radius 1 is 1.13 bits per heavy atom. The van der Waals surface area contributed by atoms with Crippen LogP contribution in [0.4, 0.5) is 0 Å². The van der Waals surface area contributed by atoms with Crippen LogP contribution < -0.4 is 9.47 Å². The van der Waals surface area contributed by atoms with Gasteiger partial charge in [-0.05, 0) is 86.9 Å². The normalized spacial score (nSPS) is 21.3. The zero-order valence-corrected chi connectivity index (χ0v) is 24.4. The van der Waals surface area contributed by atoms with Crippen molar-refractivity contribution in [3.8, 4) is 11.5 Å². The van der Waals surface area contributed by atoms with Gasteiger partial charge in [0.15, 0.2) is 11.5 Å². The van der Waals surface area contributed by atoms with E-state index in [1.165, 1.54) is 16.7 Å². The van der Waals surface area contributed by atoms with E-state index in [9.17, 15) is 4.79 Å². The maximum absolute atomic E-state index is 12.4. The summed E-state index contributed by atoms with van der Waals surface area (Å²) in [4.78, 5) is 17.1. The summed E-state index contributed by atoms with van der Waals surface area (Å²) in [6.07, 6.45) is 7.07. The van der Waals surface area contributed by atoms with E-state index in [0.717, 1.165) is 73.7 Å². The number of methoxy groups -OCH3 is 1. The third kappa shape index (κ3) is 6.14. The summed E-state index contributed by atoms with van der Waals surface area (Å²) in [5, 5.41) is 0.727. The number of carbonyl (C=O) groups excluding carboxylic acids is 1. The lowest BCUT2D eigenvalue weighted by atomic mass is 9.81. The van der Waals surface area contributed by atoms with E-state index >= 15 is 0 Å². The molecule has 206 valence electrons. The average Bonchev–Trinajstić information content (AvgIpc) is 2.88. The minimum atomic E-state index is 0.00878. The first-order valence-electron chi connectivity index (χ1n) is 14.1. The molecular weight excluding hydrogens is 496 g/mol. The number of halogens is 1. The zero-order valence-electron chi connectivity index (χ0n) is 23.6. The first kappa shape index (κ1) is 28.4. The topological polar surface area (TPSA) is 42.0 Å². The van der Waals surface area contributed by atoms with Crippen LogP contribution in [0.25, 0.3) is 0 Å². The van der Waals surface area contributed by atoms with E-state index in [1.54, 1.807) is 14.0 Å². The molecule has 1 heterocycles. The molecule has 2 aliphatic rings. The predicted octanol–water partition coefficient (Wildman–Crippen LogP) is 7.56. The van der Waals surface area contributed by atoms with E-state index in [1.807, 2.05) is 26.0 Å². The molecule has 1 unspecified atom stereocenters. The van der Waals surface area contributed by atoms with Crippen molar-refractivity contribution >= 4 is 17.5 Å². The van der Waals surface area contributed by atoms with Gasteiger partial charge in [0.2, 0.25) is 5.91 Å². The third-order valence-electron chi connectivity index (χ3n) is 7.96. The second kappa shape index (κ2) is 12.5. The fourth-order valence-corrected chi connectivity index (χ4v) is 6.33. The Morgan fingerprint density at radius 2 is 1.82 bits per heavy atom. The highest BCUT2D eigenvalue weighted by Crippen LogP contribution is 2.46. The molecule has 1 fully saturated rings. The van der Waals surface area contributed by atoms with Gasteiger partial charge in [0, 0.05) is 42.7 Å². The van der Waals surface area contributed by atoms with Crippen molar-refractivity contribution in [3.63, 3.8) is 0 Å². The highest BCUT2D eigenvalue weighted by atomic mass is 35.5. The molecule has 2 aromatic carbocycles. The molecule has 2 aromatic rings. The molecule has 1 aliphatic heterocycles. The van der Waals surface area contributed by atoms with E-state index in [2.05, 4.69) is 47.6 Å². The number of unbranched alkanes of at least 4 members (excludes halogenated alkanes) is 1. The van der Waals surface area contributed by atoms with Crippen molar-refractivity contribution in [2.24, 2.45) is 0 Å². The highest BCUT2D eigenvalue weighted by molar-refractivity contribution is 6.30. The van der Waals surface area contributed by atoms with Gasteiger partial charge in [-0.3, -0.25) is 4.79 Å². The van der Waals surface area contributed by atoms with Crippen molar-refractivity contribution in [2.75, 3.05) is 13.7 Å². The summed E-state index contributed by atoms with van der Waals surface area (Å²) < 4.78 is 11.9. The Balaban J connectivity index is 1.68. The average molecular weight is 539 g/mol. The molecule has 1 aliphatic carbocycles. The number of hydrogen-bond donors (Lipinski definition) is 0. The fraction of sp³-hybridized carbons (Fsp3) is 0.531. The number of allylic oxidation sites excluding steroid dienone is 1. The number of rotatable bonds is 9. The molecule has 0 aromatic heterocycles. The summed E-state index contributed by atoms with van der Waals surface area (Å²) in [7, 11) is 1.69. The number of amides is 1. The molecule has 38 heavy (non-hydrogen) atoms.